The second-order valence-electron chi connectivity index (χ2n) is 8.20. The topological polar surface area (TPSA) is 17.1 Å². The summed E-state index contributed by atoms with van der Waals surface area (Å²) in [6, 6.07) is 32.0. The highest BCUT2D eigenvalue weighted by atomic mass is 127. The van der Waals surface area contributed by atoms with Gasteiger partial charge in [-0.25, -0.2) is 0 Å². The Kier molecular flexibility index (Phi) is 9.08. The van der Waals surface area contributed by atoms with Crippen LogP contribution in [-0.2, 0) is 17.6 Å². The third kappa shape index (κ3) is 6.42. The summed E-state index contributed by atoms with van der Waals surface area (Å²) < 4.78 is 2.27. The zero-order valence-electron chi connectivity index (χ0n) is 18.2. The molecule has 0 spiro atoms. The molecule has 5 heteroatoms. The minimum absolute atomic E-state index is 0.169. The number of Topliss-reactive ketones (excluding diaryl/α,β-unsaturated/α-hetero) is 1. The number of carbonyl (C=O) groups is 1. The summed E-state index contributed by atoms with van der Waals surface area (Å²) in [5.41, 5.74) is 3.94. The molecule has 0 saturated heterocycles. The number of ketones is 1. The second kappa shape index (κ2) is 12.0. The van der Waals surface area contributed by atoms with Gasteiger partial charge in [-0.15, -0.1) is 0 Å². The van der Waals surface area contributed by atoms with E-state index in [9.17, 15) is 4.79 Å². The molecule has 2 unspecified atom stereocenters. The second-order valence-corrected chi connectivity index (χ2v) is 11.5. The summed E-state index contributed by atoms with van der Waals surface area (Å²) in [6.07, 6.45) is 1.09. The molecule has 0 N–H and O–H groups in total. The average molecular weight is 711 g/mol. The molecule has 4 aromatic carbocycles. The zero-order chi connectivity index (χ0) is 24.1. The van der Waals surface area contributed by atoms with Gasteiger partial charge in [-0.05, 0) is 117 Å². The molecule has 0 saturated carbocycles. The first-order valence-corrected chi connectivity index (χ1v) is 13.8. The SMILES string of the molecule is O=C(C(Cc1ccccc1Cl)c1ccc(I)cc1)C(Cc1ccccc1Cl)c1ccc(I)cc1. The quantitative estimate of drug-likeness (QED) is 0.167. The van der Waals surface area contributed by atoms with Crippen LogP contribution in [-0.4, -0.2) is 5.78 Å². The van der Waals surface area contributed by atoms with Gasteiger partial charge >= 0.3 is 0 Å². The van der Waals surface area contributed by atoms with Gasteiger partial charge in [0.15, 0.2) is 0 Å². The average Bonchev–Trinajstić information content (AvgIpc) is 2.84. The van der Waals surface area contributed by atoms with Crippen molar-refractivity contribution in [1.29, 1.82) is 0 Å². The number of carbonyl (C=O) groups excluding carboxylic acids is 1. The lowest BCUT2D eigenvalue weighted by molar-refractivity contribution is -0.122. The molecule has 0 amide bonds. The minimum Gasteiger partial charge on any atom is -0.298 e. The van der Waals surface area contributed by atoms with Crippen molar-refractivity contribution >= 4 is 74.2 Å². The molecule has 0 aliphatic heterocycles. The number of halogens is 4. The van der Waals surface area contributed by atoms with Crippen LogP contribution in [0.1, 0.15) is 34.1 Å². The molecule has 4 aromatic rings. The standard InChI is InChI=1S/C29H22Cl2I2O/c30-27-7-3-1-5-21(27)17-25(19-9-13-23(32)14-10-19)29(34)26(20-11-15-24(33)16-12-20)18-22-6-2-4-8-28(22)31/h1-16,25-26H,17-18H2. The monoisotopic (exact) mass is 710 g/mol. The largest absolute Gasteiger partial charge is 0.298 e. The fourth-order valence-corrected chi connectivity index (χ4v) is 5.31. The van der Waals surface area contributed by atoms with Gasteiger partial charge in [0.25, 0.3) is 0 Å². The predicted molar refractivity (Wildman–Crippen MR) is 159 cm³/mol. The van der Waals surface area contributed by atoms with Crippen molar-refractivity contribution in [1.82, 2.24) is 0 Å². The molecular formula is C29H22Cl2I2O. The summed E-state index contributed by atoms with van der Waals surface area (Å²) in [6.45, 7) is 0. The minimum atomic E-state index is -0.330. The number of hydrogen-bond acceptors (Lipinski definition) is 1. The lowest BCUT2D eigenvalue weighted by Gasteiger charge is -2.25. The first-order valence-electron chi connectivity index (χ1n) is 10.9. The molecule has 4 rings (SSSR count). The van der Waals surface area contributed by atoms with Crippen LogP contribution in [0, 0.1) is 7.14 Å². The highest BCUT2D eigenvalue weighted by molar-refractivity contribution is 14.1. The molecule has 0 aliphatic rings. The maximum atomic E-state index is 14.4. The third-order valence-electron chi connectivity index (χ3n) is 6.00. The van der Waals surface area contributed by atoms with Gasteiger partial charge in [-0.1, -0.05) is 83.9 Å². The first-order chi connectivity index (χ1) is 16.4. The van der Waals surface area contributed by atoms with E-state index in [2.05, 4.69) is 93.7 Å². The number of hydrogen-bond donors (Lipinski definition) is 0. The van der Waals surface area contributed by atoms with Gasteiger partial charge in [-0.2, -0.15) is 0 Å². The van der Waals surface area contributed by atoms with Gasteiger partial charge in [0, 0.05) is 29.0 Å². The van der Waals surface area contributed by atoms with Crippen molar-refractivity contribution in [3.05, 3.63) is 137 Å². The summed E-state index contributed by atoms with van der Waals surface area (Å²) in [5, 5.41) is 1.37. The van der Waals surface area contributed by atoms with Crippen molar-refractivity contribution in [3.8, 4) is 0 Å². The van der Waals surface area contributed by atoms with E-state index in [1.54, 1.807) is 0 Å². The smallest absolute Gasteiger partial charge is 0.148 e. The van der Waals surface area contributed by atoms with Crippen molar-refractivity contribution < 1.29 is 4.79 Å². The molecule has 0 aliphatic carbocycles. The van der Waals surface area contributed by atoms with Crippen LogP contribution in [0.15, 0.2) is 97.1 Å². The van der Waals surface area contributed by atoms with E-state index in [0.717, 1.165) is 29.4 Å². The summed E-state index contributed by atoms with van der Waals surface area (Å²) in [7, 11) is 0. The lowest BCUT2D eigenvalue weighted by Crippen LogP contribution is -2.24. The van der Waals surface area contributed by atoms with Gasteiger partial charge in [0.05, 0.1) is 0 Å². The Morgan fingerprint density at radius 1 is 0.588 bits per heavy atom. The van der Waals surface area contributed by atoms with Crippen LogP contribution in [0.3, 0.4) is 0 Å². The summed E-state index contributed by atoms with van der Waals surface area (Å²) >= 11 is 17.6. The van der Waals surface area contributed by atoms with Gasteiger partial charge < -0.3 is 0 Å². The van der Waals surface area contributed by atoms with Crippen LogP contribution in [0.4, 0.5) is 0 Å². The maximum Gasteiger partial charge on any atom is 0.148 e. The van der Waals surface area contributed by atoms with Crippen molar-refractivity contribution in [3.63, 3.8) is 0 Å². The Bertz CT molecular complexity index is 1170. The van der Waals surface area contributed by atoms with Crippen molar-refractivity contribution in [2.75, 3.05) is 0 Å². The van der Waals surface area contributed by atoms with Gasteiger partial charge in [0.1, 0.15) is 5.78 Å². The fourth-order valence-electron chi connectivity index (χ4n) is 4.17. The van der Waals surface area contributed by atoms with Gasteiger partial charge in [0.2, 0.25) is 0 Å². The molecule has 34 heavy (non-hydrogen) atoms. The Hall–Kier alpha value is -1.41. The Labute approximate surface area is 238 Å². The van der Waals surface area contributed by atoms with Crippen LogP contribution >= 0.6 is 68.4 Å². The molecule has 0 heterocycles. The van der Waals surface area contributed by atoms with E-state index in [1.165, 1.54) is 0 Å². The van der Waals surface area contributed by atoms with Crippen LogP contribution in [0.25, 0.3) is 0 Å². The molecule has 0 aromatic heterocycles. The molecule has 0 bridgehead atoms. The molecule has 2 atom stereocenters. The molecule has 172 valence electrons. The summed E-state index contributed by atoms with van der Waals surface area (Å²) in [5.74, 6) is -0.491. The van der Waals surface area contributed by atoms with E-state index < -0.39 is 0 Å². The number of rotatable bonds is 8. The van der Waals surface area contributed by atoms with E-state index in [-0.39, 0.29) is 17.6 Å². The van der Waals surface area contributed by atoms with E-state index in [0.29, 0.717) is 22.9 Å². The van der Waals surface area contributed by atoms with Crippen LogP contribution in [0.5, 0.6) is 0 Å². The Balaban J connectivity index is 1.78. The zero-order valence-corrected chi connectivity index (χ0v) is 24.1. The van der Waals surface area contributed by atoms with Crippen molar-refractivity contribution in [2.45, 2.75) is 24.7 Å². The lowest BCUT2D eigenvalue weighted by atomic mass is 9.78. The highest BCUT2D eigenvalue weighted by Gasteiger charge is 2.31. The van der Waals surface area contributed by atoms with Gasteiger partial charge in [-0.3, -0.25) is 4.79 Å². The summed E-state index contributed by atoms with van der Waals surface area (Å²) in [4.78, 5) is 14.4. The Morgan fingerprint density at radius 2 is 0.941 bits per heavy atom. The predicted octanol–water partition coefficient (Wildman–Crippen LogP) is 9.12. The molecule has 0 radical (unpaired) electrons. The Morgan fingerprint density at radius 3 is 1.29 bits per heavy atom. The molecular weight excluding hydrogens is 689 g/mol. The van der Waals surface area contributed by atoms with Crippen molar-refractivity contribution in [2.24, 2.45) is 0 Å². The van der Waals surface area contributed by atoms with Crippen LogP contribution < -0.4 is 0 Å². The molecule has 1 nitrogen and oxygen atoms in total. The van der Waals surface area contributed by atoms with E-state index in [4.69, 9.17) is 23.2 Å². The number of benzene rings is 4. The normalized spacial score (nSPS) is 12.8. The van der Waals surface area contributed by atoms with E-state index in [1.807, 2.05) is 48.5 Å². The molecule has 0 fully saturated rings. The highest BCUT2D eigenvalue weighted by Crippen LogP contribution is 2.35. The fraction of sp³-hybridized carbons (Fsp3) is 0.138. The van der Waals surface area contributed by atoms with E-state index >= 15 is 0 Å². The maximum absolute atomic E-state index is 14.4. The van der Waals surface area contributed by atoms with Crippen LogP contribution in [0.2, 0.25) is 10.0 Å². The third-order valence-corrected chi connectivity index (χ3v) is 8.17. The first kappa shape index (κ1) is 25.7.